The van der Waals surface area contributed by atoms with Crippen LogP contribution in [0.1, 0.15) is 11.7 Å². The molecule has 0 fully saturated rings. The minimum atomic E-state index is -1.20. The molecule has 2 unspecified atom stereocenters. The summed E-state index contributed by atoms with van der Waals surface area (Å²) in [5.41, 5.74) is 8.94. The standard InChI is InChI=1S/C10H9ClN4O2S/c11-7-3-6(1-2-8(7)13-5-18)10(17)9(16)4-14-15-12/h1-3,9-10,16-17H,4H2. The molecular formula is C10H9ClN4O2S. The lowest BCUT2D eigenvalue weighted by molar-refractivity contribution is 0.0244. The average Bonchev–Trinajstić information content (AvgIpc) is 2.37. The van der Waals surface area contributed by atoms with Crippen LogP contribution in [0.2, 0.25) is 5.02 Å². The van der Waals surface area contributed by atoms with Crippen molar-refractivity contribution in [2.75, 3.05) is 6.54 Å². The third-order valence-electron chi connectivity index (χ3n) is 2.18. The summed E-state index contributed by atoms with van der Waals surface area (Å²) in [6.45, 7) is -0.227. The Labute approximate surface area is 113 Å². The number of isothiocyanates is 1. The van der Waals surface area contributed by atoms with Gasteiger partial charge in [-0.1, -0.05) is 22.8 Å². The van der Waals surface area contributed by atoms with E-state index >= 15 is 0 Å². The van der Waals surface area contributed by atoms with Crippen molar-refractivity contribution in [2.45, 2.75) is 12.2 Å². The second kappa shape index (κ2) is 7.08. The number of thiocarbonyl (C=S) groups is 1. The Hall–Kier alpha value is -1.46. The first-order valence-corrected chi connectivity index (χ1v) is 5.63. The van der Waals surface area contributed by atoms with E-state index in [1.54, 1.807) is 12.1 Å². The molecule has 18 heavy (non-hydrogen) atoms. The van der Waals surface area contributed by atoms with Gasteiger partial charge in [-0.05, 0) is 35.4 Å². The van der Waals surface area contributed by atoms with Crippen LogP contribution in [0.15, 0.2) is 28.3 Å². The van der Waals surface area contributed by atoms with Gasteiger partial charge >= 0.3 is 0 Å². The summed E-state index contributed by atoms with van der Waals surface area (Å²) in [5, 5.41) is 25.0. The largest absolute Gasteiger partial charge is 0.390 e. The van der Waals surface area contributed by atoms with E-state index in [0.29, 0.717) is 11.3 Å². The minimum absolute atomic E-state index is 0.227. The molecular weight excluding hydrogens is 276 g/mol. The molecule has 94 valence electrons. The SMILES string of the molecule is [N-]=[N+]=NCC(O)C(O)c1ccc(N=C=S)c(Cl)c1. The zero-order valence-corrected chi connectivity index (χ0v) is 10.6. The van der Waals surface area contributed by atoms with Crippen LogP contribution in [0, 0.1) is 0 Å². The molecule has 0 aromatic heterocycles. The van der Waals surface area contributed by atoms with Gasteiger partial charge in [0.2, 0.25) is 0 Å². The van der Waals surface area contributed by atoms with Crippen molar-refractivity contribution >= 4 is 34.7 Å². The highest BCUT2D eigenvalue weighted by Gasteiger charge is 2.18. The molecule has 0 saturated carbocycles. The molecule has 0 aliphatic carbocycles. The first kappa shape index (κ1) is 14.6. The third kappa shape index (κ3) is 3.78. The molecule has 1 aromatic carbocycles. The fourth-order valence-electron chi connectivity index (χ4n) is 1.29. The maximum absolute atomic E-state index is 9.80. The Balaban J connectivity index is 2.93. The molecule has 2 N–H and O–H groups in total. The quantitative estimate of drug-likeness (QED) is 0.286. The second-order valence-electron chi connectivity index (χ2n) is 3.34. The van der Waals surface area contributed by atoms with Crippen LogP contribution in [0.3, 0.4) is 0 Å². The van der Waals surface area contributed by atoms with Crippen LogP contribution in [0.25, 0.3) is 10.4 Å². The Kier molecular flexibility index (Phi) is 5.74. The van der Waals surface area contributed by atoms with Crippen molar-refractivity contribution in [3.8, 4) is 0 Å². The lowest BCUT2D eigenvalue weighted by Crippen LogP contribution is -2.21. The number of hydrogen-bond acceptors (Lipinski definition) is 5. The predicted molar refractivity (Wildman–Crippen MR) is 71.1 cm³/mol. The first-order chi connectivity index (χ1) is 8.60. The van der Waals surface area contributed by atoms with Gasteiger partial charge in [0, 0.05) is 4.91 Å². The van der Waals surface area contributed by atoms with E-state index in [1.807, 2.05) is 0 Å². The molecule has 0 spiro atoms. The van der Waals surface area contributed by atoms with Gasteiger partial charge in [0.1, 0.15) is 6.10 Å². The number of aliphatic hydroxyl groups excluding tert-OH is 2. The van der Waals surface area contributed by atoms with Crippen molar-refractivity contribution in [2.24, 2.45) is 10.1 Å². The number of hydrogen-bond donors (Lipinski definition) is 2. The second-order valence-corrected chi connectivity index (χ2v) is 3.93. The molecule has 6 nitrogen and oxygen atoms in total. The molecule has 1 aromatic rings. The Morgan fingerprint density at radius 1 is 1.50 bits per heavy atom. The van der Waals surface area contributed by atoms with Crippen molar-refractivity contribution in [3.05, 3.63) is 39.2 Å². The number of nitrogens with zero attached hydrogens (tertiary/aromatic N) is 4. The van der Waals surface area contributed by atoms with Crippen LogP contribution < -0.4 is 0 Å². The number of aliphatic hydroxyl groups is 2. The minimum Gasteiger partial charge on any atom is -0.390 e. The van der Waals surface area contributed by atoms with Crippen LogP contribution >= 0.6 is 23.8 Å². The van der Waals surface area contributed by atoms with E-state index in [9.17, 15) is 10.2 Å². The smallest absolute Gasteiger partial charge is 0.105 e. The molecule has 0 amide bonds. The summed E-state index contributed by atoms with van der Waals surface area (Å²) in [7, 11) is 0. The van der Waals surface area contributed by atoms with Crippen molar-refractivity contribution in [3.63, 3.8) is 0 Å². The molecule has 2 atom stereocenters. The van der Waals surface area contributed by atoms with E-state index < -0.39 is 12.2 Å². The molecule has 0 aliphatic heterocycles. The van der Waals surface area contributed by atoms with Crippen LogP contribution in [0.5, 0.6) is 0 Å². The van der Waals surface area contributed by atoms with E-state index in [0.717, 1.165) is 0 Å². The summed E-state index contributed by atoms with van der Waals surface area (Å²) in [4.78, 5) is 6.22. The van der Waals surface area contributed by atoms with Gasteiger partial charge in [0.15, 0.2) is 0 Å². The summed E-state index contributed by atoms with van der Waals surface area (Å²) < 4.78 is 0. The van der Waals surface area contributed by atoms with Gasteiger partial charge < -0.3 is 10.2 Å². The molecule has 0 heterocycles. The van der Waals surface area contributed by atoms with Crippen molar-refractivity contribution in [1.29, 1.82) is 0 Å². The predicted octanol–water partition coefficient (Wildman–Crippen LogP) is 2.78. The van der Waals surface area contributed by atoms with Gasteiger partial charge in [-0.15, -0.1) is 0 Å². The summed E-state index contributed by atoms with van der Waals surface area (Å²) in [6, 6.07) is 4.54. The summed E-state index contributed by atoms with van der Waals surface area (Å²) >= 11 is 10.4. The lowest BCUT2D eigenvalue weighted by atomic mass is 10.0. The molecule has 0 aliphatic rings. The number of benzene rings is 1. The molecule has 8 heteroatoms. The maximum atomic E-state index is 9.80. The van der Waals surface area contributed by atoms with Gasteiger partial charge in [-0.2, -0.15) is 4.99 Å². The molecule has 0 bridgehead atoms. The monoisotopic (exact) mass is 284 g/mol. The van der Waals surface area contributed by atoms with Gasteiger partial charge in [0.25, 0.3) is 0 Å². The Morgan fingerprint density at radius 3 is 2.78 bits per heavy atom. The Morgan fingerprint density at radius 2 is 2.22 bits per heavy atom. The fourth-order valence-corrected chi connectivity index (χ4v) is 1.62. The lowest BCUT2D eigenvalue weighted by Gasteiger charge is -2.16. The first-order valence-electron chi connectivity index (χ1n) is 4.84. The van der Waals surface area contributed by atoms with Crippen LogP contribution in [0.4, 0.5) is 5.69 Å². The highest BCUT2D eigenvalue weighted by Crippen LogP contribution is 2.29. The van der Waals surface area contributed by atoms with Crippen molar-refractivity contribution < 1.29 is 10.2 Å². The van der Waals surface area contributed by atoms with Crippen LogP contribution in [-0.2, 0) is 0 Å². The van der Waals surface area contributed by atoms with E-state index in [4.69, 9.17) is 17.1 Å². The fraction of sp³-hybridized carbons (Fsp3) is 0.300. The topological polar surface area (TPSA) is 102 Å². The van der Waals surface area contributed by atoms with E-state index in [2.05, 4.69) is 32.4 Å². The number of aliphatic imine (C=N–C) groups is 1. The average molecular weight is 285 g/mol. The summed E-state index contributed by atoms with van der Waals surface area (Å²) in [5.74, 6) is 0. The van der Waals surface area contributed by atoms with Gasteiger partial charge in [0.05, 0.1) is 28.5 Å². The number of halogens is 1. The normalized spacial score (nSPS) is 13.1. The number of rotatable bonds is 5. The Bertz CT molecular complexity index is 527. The molecule has 0 saturated heterocycles. The molecule has 1 rings (SSSR count). The third-order valence-corrected chi connectivity index (χ3v) is 2.57. The zero-order valence-electron chi connectivity index (χ0n) is 9.06. The van der Waals surface area contributed by atoms with Crippen LogP contribution in [-0.4, -0.2) is 28.0 Å². The highest BCUT2D eigenvalue weighted by molar-refractivity contribution is 7.78. The van der Waals surface area contributed by atoms with E-state index in [1.165, 1.54) is 6.07 Å². The summed E-state index contributed by atoms with van der Waals surface area (Å²) in [6.07, 6.45) is -2.39. The van der Waals surface area contributed by atoms with Crippen molar-refractivity contribution in [1.82, 2.24) is 0 Å². The molecule has 0 radical (unpaired) electrons. The highest BCUT2D eigenvalue weighted by atomic mass is 35.5. The van der Waals surface area contributed by atoms with Gasteiger partial charge in [-0.3, -0.25) is 0 Å². The maximum Gasteiger partial charge on any atom is 0.105 e. The van der Waals surface area contributed by atoms with Gasteiger partial charge in [-0.25, -0.2) is 0 Å². The zero-order chi connectivity index (χ0) is 13.5. The van der Waals surface area contributed by atoms with E-state index in [-0.39, 0.29) is 11.6 Å². The number of azide groups is 1.